The summed E-state index contributed by atoms with van der Waals surface area (Å²) in [5.74, 6) is -1.36. The molecule has 11 nitrogen and oxygen atoms in total. The third-order valence-corrected chi connectivity index (χ3v) is 9.86. The Morgan fingerprint density at radius 3 is 2.49 bits per heavy atom. The number of aryl methyl sites for hydroxylation is 1. The monoisotopic (exact) mass is 703 g/mol. The molecule has 0 aliphatic carbocycles. The summed E-state index contributed by atoms with van der Waals surface area (Å²) in [6, 6.07) is 12.3. The van der Waals surface area contributed by atoms with Gasteiger partial charge < -0.3 is 25.2 Å². The molecule has 2 aliphatic rings. The zero-order valence-electron chi connectivity index (χ0n) is 30.4. The first-order valence-corrected chi connectivity index (χ1v) is 18.6. The average molecular weight is 704 g/mol. The molecule has 0 saturated carbocycles. The average Bonchev–Trinajstić information content (AvgIpc) is 3.80. The van der Waals surface area contributed by atoms with Gasteiger partial charge in [0.25, 0.3) is 5.91 Å². The molecule has 3 aromatic rings. The van der Waals surface area contributed by atoms with Crippen molar-refractivity contribution in [1.29, 1.82) is 0 Å². The predicted octanol–water partition coefficient (Wildman–Crippen LogP) is 5.15. The molecule has 276 valence electrons. The second-order valence-electron chi connectivity index (χ2n) is 14.4. The van der Waals surface area contributed by atoms with Crippen molar-refractivity contribution in [2.45, 2.75) is 109 Å². The minimum absolute atomic E-state index is 0.00246. The molecule has 0 spiro atoms. The summed E-state index contributed by atoms with van der Waals surface area (Å²) in [6.07, 6.45) is 10.7. The highest BCUT2D eigenvalue weighted by atomic mass is 19.1. The Kier molecular flexibility index (Phi) is 14.0. The second kappa shape index (κ2) is 18.8. The van der Waals surface area contributed by atoms with E-state index in [2.05, 4.69) is 33.1 Å². The number of hydrogen-bond acceptors (Lipinski definition) is 7. The third-order valence-electron chi connectivity index (χ3n) is 9.86. The van der Waals surface area contributed by atoms with Crippen LogP contribution >= 0.6 is 0 Å². The van der Waals surface area contributed by atoms with Crippen molar-refractivity contribution in [3.8, 4) is 5.75 Å². The normalized spacial score (nSPS) is 22.3. The summed E-state index contributed by atoms with van der Waals surface area (Å²) in [6.45, 7) is 6.65. The number of hydrogen-bond donors (Lipinski definition) is 2. The van der Waals surface area contributed by atoms with Crippen molar-refractivity contribution in [3.05, 3.63) is 77.4 Å². The van der Waals surface area contributed by atoms with Crippen molar-refractivity contribution in [2.24, 2.45) is 5.92 Å². The molecule has 3 atom stereocenters. The topological polar surface area (TPSA) is 122 Å². The number of fused-ring (bicyclic) bond motifs is 4. The molecule has 0 radical (unpaired) electrons. The van der Waals surface area contributed by atoms with Gasteiger partial charge in [-0.2, -0.15) is 0 Å². The van der Waals surface area contributed by atoms with Crippen LogP contribution in [0.1, 0.15) is 93.3 Å². The van der Waals surface area contributed by atoms with Crippen LogP contribution in [0.4, 0.5) is 4.39 Å². The number of benzene rings is 2. The van der Waals surface area contributed by atoms with Crippen LogP contribution in [0.25, 0.3) is 0 Å². The highest BCUT2D eigenvalue weighted by Crippen LogP contribution is 2.25. The molecule has 12 heteroatoms. The van der Waals surface area contributed by atoms with Gasteiger partial charge in [0.05, 0.1) is 11.8 Å². The molecule has 5 rings (SSSR count). The van der Waals surface area contributed by atoms with E-state index in [1.165, 1.54) is 18.2 Å². The molecule has 2 N–H and O–H groups in total. The van der Waals surface area contributed by atoms with Gasteiger partial charge in [-0.1, -0.05) is 75.1 Å². The van der Waals surface area contributed by atoms with Gasteiger partial charge in [0.15, 0.2) is 0 Å². The highest BCUT2D eigenvalue weighted by Gasteiger charge is 2.40. The molecule has 1 fully saturated rings. The van der Waals surface area contributed by atoms with Crippen molar-refractivity contribution < 1.29 is 23.5 Å². The third kappa shape index (κ3) is 10.8. The summed E-state index contributed by atoms with van der Waals surface area (Å²) in [4.78, 5) is 45.7. The van der Waals surface area contributed by atoms with Crippen molar-refractivity contribution >= 4 is 17.7 Å². The maximum atomic E-state index is 14.4. The van der Waals surface area contributed by atoms with Crippen LogP contribution in [0.5, 0.6) is 5.75 Å². The van der Waals surface area contributed by atoms with E-state index in [4.69, 9.17) is 4.74 Å². The molecule has 1 aromatic heterocycles. The Labute approximate surface area is 301 Å². The lowest BCUT2D eigenvalue weighted by Crippen LogP contribution is -2.56. The Balaban J connectivity index is 1.38. The number of amides is 3. The summed E-state index contributed by atoms with van der Waals surface area (Å²) in [7, 11) is 1.84. The van der Waals surface area contributed by atoms with Gasteiger partial charge in [0.1, 0.15) is 36.0 Å². The Hall–Kier alpha value is -4.32. The zero-order chi connectivity index (χ0) is 36.2. The minimum atomic E-state index is -0.880. The van der Waals surface area contributed by atoms with Gasteiger partial charge in [-0.3, -0.25) is 19.1 Å². The van der Waals surface area contributed by atoms with Gasteiger partial charge in [-0.15, -0.1) is 5.10 Å². The first-order chi connectivity index (χ1) is 24.7. The fraction of sp³-hybridized carbons (Fsp3) is 0.564. The van der Waals surface area contributed by atoms with Gasteiger partial charge in [0.2, 0.25) is 11.8 Å². The van der Waals surface area contributed by atoms with Crippen LogP contribution in [0, 0.1) is 11.7 Å². The molecular formula is C39H54FN7O4. The van der Waals surface area contributed by atoms with E-state index >= 15 is 0 Å². The number of ether oxygens (including phenoxy) is 1. The second-order valence-corrected chi connectivity index (χ2v) is 14.4. The number of nitrogens with zero attached hydrogens (tertiary/aromatic N) is 5. The van der Waals surface area contributed by atoms with Crippen LogP contribution in [0.3, 0.4) is 0 Å². The van der Waals surface area contributed by atoms with E-state index in [1.807, 2.05) is 50.2 Å². The quantitative estimate of drug-likeness (QED) is 0.386. The SMILES string of the molecule is CC(C)C[C@H]1NC(=O)c2ccc(F)cc2OCc2cn(nn2)CCCCCCCCNC[C@H](Cc2ccccc2)N(C)C(=O)[C@H]2CCCN2C1=O. The largest absolute Gasteiger partial charge is 0.486 e. The van der Waals surface area contributed by atoms with E-state index in [0.717, 1.165) is 57.2 Å². The molecule has 1 saturated heterocycles. The lowest BCUT2D eigenvalue weighted by atomic mass is 10.0. The van der Waals surface area contributed by atoms with E-state index in [1.54, 1.807) is 9.58 Å². The number of aromatic nitrogens is 3. The Morgan fingerprint density at radius 2 is 1.71 bits per heavy atom. The van der Waals surface area contributed by atoms with Crippen LogP contribution in [0.15, 0.2) is 54.7 Å². The van der Waals surface area contributed by atoms with Gasteiger partial charge in [-0.05, 0) is 68.7 Å². The zero-order valence-corrected chi connectivity index (χ0v) is 30.4. The number of nitrogens with one attached hydrogen (secondary N) is 2. The Bertz CT molecular complexity index is 1580. The van der Waals surface area contributed by atoms with Crippen molar-refractivity contribution in [3.63, 3.8) is 0 Å². The summed E-state index contributed by atoms with van der Waals surface area (Å²) in [5.41, 5.74) is 1.82. The summed E-state index contributed by atoms with van der Waals surface area (Å²) < 4.78 is 22.1. The minimum Gasteiger partial charge on any atom is -0.486 e. The van der Waals surface area contributed by atoms with Crippen molar-refractivity contribution in [1.82, 2.24) is 35.4 Å². The number of rotatable bonds is 4. The number of halogens is 1. The molecule has 2 aliphatic heterocycles. The fourth-order valence-electron chi connectivity index (χ4n) is 7.03. The number of likely N-dealkylation sites (N-methyl/N-ethyl adjacent to an activating group) is 1. The van der Waals surface area contributed by atoms with Crippen molar-refractivity contribution in [2.75, 3.05) is 26.7 Å². The lowest BCUT2D eigenvalue weighted by Gasteiger charge is -2.35. The van der Waals surface area contributed by atoms with Gasteiger partial charge >= 0.3 is 0 Å². The predicted molar refractivity (Wildman–Crippen MR) is 193 cm³/mol. The lowest BCUT2D eigenvalue weighted by molar-refractivity contribution is -0.145. The van der Waals surface area contributed by atoms with Gasteiger partial charge in [0, 0.05) is 38.8 Å². The molecule has 2 aromatic carbocycles. The van der Waals surface area contributed by atoms with E-state index < -0.39 is 23.8 Å². The molecule has 2 bridgehead atoms. The maximum absolute atomic E-state index is 14.4. The van der Waals surface area contributed by atoms with Crippen LogP contribution < -0.4 is 15.4 Å². The van der Waals surface area contributed by atoms with E-state index in [0.29, 0.717) is 44.5 Å². The first kappa shape index (κ1) is 37.9. The maximum Gasteiger partial charge on any atom is 0.255 e. The Morgan fingerprint density at radius 1 is 0.941 bits per heavy atom. The molecule has 3 heterocycles. The molecular weight excluding hydrogens is 649 g/mol. The summed E-state index contributed by atoms with van der Waals surface area (Å²) in [5, 5.41) is 14.9. The van der Waals surface area contributed by atoms with E-state index in [9.17, 15) is 18.8 Å². The molecule has 51 heavy (non-hydrogen) atoms. The fourth-order valence-corrected chi connectivity index (χ4v) is 7.03. The van der Waals surface area contributed by atoms with E-state index in [-0.39, 0.29) is 41.7 Å². The number of carbonyl (C=O) groups excluding carboxylic acids is 3. The highest BCUT2D eigenvalue weighted by molar-refractivity contribution is 6.00. The first-order valence-electron chi connectivity index (χ1n) is 18.6. The smallest absolute Gasteiger partial charge is 0.255 e. The summed E-state index contributed by atoms with van der Waals surface area (Å²) >= 11 is 0. The standard InChI is InChI=1S/C39H54FN7O4/c1-28(2)22-34-38(49)47-21-13-16-35(47)39(50)45(3)32(23-29-14-9-8-10-15-29)25-41-19-11-6-4-5-7-12-20-46-26-31(43-44-46)27-51-36-24-30(40)17-18-33(36)37(48)42-34/h8-10,14-15,17-18,24,26,28,32,34-35,41H,4-7,11-13,16,19-23,25,27H2,1-3H3,(H,42,48)/t32-,34+,35+/m0/s1. The molecule has 0 unspecified atom stereocenters. The number of carbonyl (C=O) groups is 3. The van der Waals surface area contributed by atoms with Crippen LogP contribution in [-0.4, -0.2) is 87.3 Å². The van der Waals surface area contributed by atoms with Crippen LogP contribution in [-0.2, 0) is 29.2 Å². The van der Waals surface area contributed by atoms with Crippen LogP contribution in [0.2, 0.25) is 0 Å². The van der Waals surface area contributed by atoms with Gasteiger partial charge in [-0.25, -0.2) is 4.39 Å². The molecule has 3 amide bonds.